The van der Waals surface area contributed by atoms with E-state index in [1.807, 2.05) is 0 Å². The van der Waals surface area contributed by atoms with Crippen molar-refractivity contribution in [3.63, 3.8) is 0 Å². The average molecular weight is 330 g/mol. The average Bonchev–Trinajstić information content (AvgIpc) is 2.94. The maximum absolute atomic E-state index is 13.1. The predicted octanol–water partition coefficient (Wildman–Crippen LogP) is 3.41. The number of hydrogen-bond acceptors (Lipinski definition) is 3. The minimum Gasteiger partial charge on any atom is -0.481 e. The molecule has 0 aromatic heterocycles. The van der Waals surface area contributed by atoms with Crippen molar-refractivity contribution in [3.05, 3.63) is 12.2 Å². The van der Waals surface area contributed by atoms with E-state index in [0.29, 0.717) is 12.5 Å². The first-order valence-electron chi connectivity index (χ1n) is 9.43. The lowest BCUT2D eigenvalue weighted by Crippen LogP contribution is -2.58. The highest BCUT2D eigenvalue weighted by atomic mass is 16.5. The quantitative estimate of drug-likeness (QED) is 0.591. The Hall–Kier alpha value is -1.32. The zero-order valence-electron chi connectivity index (χ0n) is 14.3. The van der Waals surface area contributed by atoms with Gasteiger partial charge in [-0.2, -0.15) is 0 Å². The third-order valence-corrected chi connectivity index (χ3v) is 8.66. The lowest BCUT2D eigenvalue weighted by molar-refractivity contribution is -0.201. The molecule has 1 saturated heterocycles. The molecule has 4 nitrogen and oxygen atoms in total. The van der Waals surface area contributed by atoms with Crippen LogP contribution in [0.15, 0.2) is 12.2 Å². The molecule has 7 atom stereocenters. The molecule has 5 aliphatic rings. The zero-order valence-corrected chi connectivity index (χ0v) is 14.3. The van der Waals surface area contributed by atoms with Crippen molar-refractivity contribution in [1.82, 2.24) is 0 Å². The summed E-state index contributed by atoms with van der Waals surface area (Å²) < 4.78 is 5.71. The maximum atomic E-state index is 13.1. The number of fused-ring (bicyclic) bond motifs is 1. The van der Waals surface area contributed by atoms with Crippen LogP contribution < -0.4 is 0 Å². The number of carboxylic acid groups (broad SMARTS) is 1. The van der Waals surface area contributed by atoms with Gasteiger partial charge >= 0.3 is 11.9 Å². The second-order valence-electron chi connectivity index (χ2n) is 9.52. The highest BCUT2D eigenvalue weighted by molar-refractivity contribution is 5.84. The summed E-state index contributed by atoms with van der Waals surface area (Å²) in [4.78, 5) is 25.6. The number of cyclic esters (lactones) is 1. The first kappa shape index (κ1) is 15.0. The lowest BCUT2D eigenvalue weighted by atomic mass is 9.51. The minimum absolute atomic E-state index is 0.0628. The first-order chi connectivity index (χ1) is 11.4. The molecule has 0 aromatic carbocycles. The van der Waals surface area contributed by atoms with Gasteiger partial charge in [0, 0.05) is 5.41 Å². The molecular formula is C20H26O4. The molecule has 130 valence electrons. The molecule has 1 aliphatic heterocycles. The molecule has 1 heterocycles. The monoisotopic (exact) mass is 330 g/mol. The fraction of sp³-hybridized carbons (Fsp3) is 0.800. The van der Waals surface area contributed by atoms with E-state index in [9.17, 15) is 14.7 Å². The molecule has 4 bridgehead atoms. The molecule has 24 heavy (non-hydrogen) atoms. The number of rotatable bonds is 1. The summed E-state index contributed by atoms with van der Waals surface area (Å²) >= 11 is 0. The van der Waals surface area contributed by atoms with E-state index in [1.165, 1.54) is 5.57 Å². The summed E-state index contributed by atoms with van der Waals surface area (Å²) in [5.41, 5.74) is 0.239. The van der Waals surface area contributed by atoms with E-state index in [4.69, 9.17) is 4.74 Å². The largest absolute Gasteiger partial charge is 0.481 e. The molecular weight excluding hydrogens is 304 g/mol. The van der Waals surface area contributed by atoms with Gasteiger partial charge in [-0.1, -0.05) is 25.5 Å². The Labute approximate surface area is 142 Å². The lowest BCUT2D eigenvalue weighted by Gasteiger charge is -2.55. The van der Waals surface area contributed by atoms with Crippen LogP contribution in [0, 0.1) is 39.9 Å². The summed E-state index contributed by atoms with van der Waals surface area (Å²) in [5, 5.41) is 10.3. The van der Waals surface area contributed by atoms with Crippen molar-refractivity contribution >= 4 is 11.9 Å². The van der Waals surface area contributed by atoms with Crippen LogP contribution in [0.25, 0.3) is 0 Å². The molecule has 4 heteroatoms. The summed E-state index contributed by atoms with van der Waals surface area (Å²) in [5.74, 6) is -0.629. The van der Waals surface area contributed by atoms with E-state index in [2.05, 4.69) is 13.5 Å². The number of carbonyl (C=O) groups excluding carboxylic acids is 1. The van der Waals surface area contributed by atoms with Crippen LogP contribution in [0.4, 0.5) is 0 Å². The van der Waals surface area contributed by atoms with Crippen LogP contribution in [-0.4, -0.2) is 23.7 Å². The predicted molar refractivity (Wildman–Crippen MR) is 87.0 cm³/mol. The summed E-state index contributed by atoms with van der Waals surface area (Å²) in [7, 11) is 0. The van der Waals surface area contributed by atoms with Gasteiger partial charge in [-0.05, 0) is 61.7 Å². The van der Waals surface area contributed by atoms with Gasteiger partial charge in [-0.15, -0.1) is 0 Å². The molecule has 0 amide bonds. The Balaban J connectivity index is 1.77. The first-order valence-corrected chi connectivity index (χ1v) is 9.43. The molecule has 0 aromatic rings. The van der Waals surface area contributed by atoms with E-state index in [1.54, 1.807) is 0 Å². The fourth-order valence-electron chi connectivity index (χ4n) is 8.12. The summed E-state index contributed by atoms with van der Waals surface area (Å²) in [6.07, 6.45) is 6.58. The van der Waals surface area contributed by atoms with Gasteiger partial charge in [0.2, 0.25) is 0 Å². The van der Waals surface area contributed by atoms with Crippen LogP contribution in [0.5, 0.6) is 0 Å². The summed E-state index contributed by atoms with van der Waals surface area (Å²) in [6, 6.07) is 0. The van der Waals surface area contributed by atoms with Crippen LogP contribution >= 0.6 is 0 Å². The molecule has 1 N–H and O–H groups in total. The highest BCUT2D eigenvalue weighted by Crippen LogP contribution is 2.78. The second kappa shape index (κ2) is 4.25. The Morgan fingerprint density at radius 1 is 1.33 bits per heavy atom. The van der Waals surface area contributed by atoms with Crippen molar-refractivity contribution in [1.29, 1.82) is 0 Å². The third kappa shape index (κ3) is 1.40. The van der Waals surface area contributed by atoms with Crippen LogP contribution in [0.2, 0.25) is 0 Å². The third-order valence-electron chi connectivity index (χ3n) is 8.66. The normalized spacial score (nSPS) is 54.9. The van der Waals surface area contributed by atoms with Gasteiger partial charge in [-0.25, -0.2) is 0 Å². The molecule has 0 radical (unpaired) electrons. The Kier molecular flexibility index (Phi) is 2.66. The molecule has 4 aliphatic carbocycles. The highest BCUT2D eigenvalue weighted by Gasteiger charge is 2.79. The van der Waals surface area contributed by atoms with Gasteiger partial charge in [0.05, 0.1) is 17.9 Å². The van der Waals surface area contributed by atoms with Crippen molar-refractivity contribution in [2.75, 3.05) is 6.61 Å². The fourth-order valence-corrected chi connectivity index (χ4v) is 8.12. The van der Waals surface area contributed by atoms with Crippen molar-refractivity contribution in [2.45, 2.75) is 51.9 Å². The van der Waals surface area contributed by atoms with Crippen molar-refractivity contribution in [2.24, 2.45) is 39.9 Å². The van der Waals surface area contributed by atoms with Gasteiger partial charge in [-0.3, -0.25) is 9.59 Å². The van der Waals surface area contributed by atoms with E-state index in [0.717, 1.165) is 44.9 Å². The number of carboxylic acids is 1. The summed E-state index contributed by atoms with van der Waals surface area (Å²) in [6.45, 7) is 6.84. The van der Waals surface area contributed by atoms with E-state index < -0.39 is 17.3 Å². The molecule has 1 spiro atoms. The number of aliphatic carboxylic acids is 1. The molecule has 5 fully saturated rings. The smallest absolute Gasteiger partial charge is 0.312 e. The Morgan fingerprint density at radius 3 is 2.88 bits per heavy atom. The molecule has 4 saturated carbocycles. The SMILES string of the molecule is C=C1C[C@]23C[C@H]1CC[C@H]2[C@@]12CCC[C@@](C)(COC1=O)[C@H]2[C@@H]3C(=O)O. The number of carbonyl (C=O) groups is 2. The van der Waals surface area contributed by atoms with E-state index in [-0.39, 0.29) is 28.6 Å². The molecule has 0 unspecified atom stereocenters. The zero-order chi connectivity index (χ0) is 16.9. The molecule has 5 rings (SSSR count). The standard InChI is InChI=1S/C20H26O4/c1-11-8-19-9-12(11)4-5-13(19)20-7-3-6-18(2,10-24-17(20)23)15(20)14(19)16(21)22/h12-15H,1,3-10H2,2H3,(H,21,22)/t12-,13-,14-,15-,18+,19+,20-/m1/s1. The van der Waals surface area contributed by atoms with E-state index >= 15 is 0 Å². The number of allylic oxidation sites excluding steroid dienone is 1. The Bertz CT molecular complexity index is 669. The maximum Gasteiger partial charge on any atom is 0.312 e. The van der Waals surface area contributed by atoms with Crippen molar-refractivity contribution < 1.29 is 19.4 Å². The number of ether oxygens (including phenoxy) is 1. The second-order valence-corrected chi connectivity index (χ2v) is 9.52. The Morgan fingerprint density at radius 2 is 2.12 bits per heavy atom. The van der Waals surface area contributed by atoms with Gasteiger partial charge in [0.1, 0.15) is 0 Å². The van der Waals surface area contributed by atoms with Crippen molar-refractivity contribution in [3.8, 4) is 0 Å². The number of esters is 1. The van der Waals surface area contributed by atoms with Gasteiger partial charge < -0.3 is 9.84 Å². The van der Waals surface area contributed by atoms with Gasteiger partial charge in [0.15, 0.2) is 0 Å². The van der Waals surface area contributed by atoms with Crippen LogP contribution in [0.1, 0.15) is 51.9 Å². The van der Waals surface area contributed by atoms with Crippen LogP contribution in [-0.2, 0) is 14.3 Å². The minimum atomic E-state index is -0.690. The van der Waals surface area contributed by atoms with Crippen LogP contribution in [0.3, 0.4) is 0 Å². The van der Waals surface area contributed by atoms with Gasteiger partial charge in [0.25, 0.3) is 0 Å². The number of hydrogen-bond donors (Lipinski definition) is 1. The topological polar surface area (TPSA) is 63.6 Å².